The molecule has 2 rings (SSSR count). The summed E-state index contributed by atoms with van der Waals surface area (Å²) in [6.45, 7) is 1.59. The summed E-state index contributed by atoms with van der Waals surface area (Å²) in [5.41, 5.74) is 1.28. The van der Waals surface area contributed by atoms with Gasteiger partial charge in [0.05, 0.1) is 17.3 Å². The molecule has 0 aliphatic heterocycles. The monoisotopic (exact) mass is 265 g/mol. The Morgan fingerprint density at radius 3 is 2.53 bits per heavy atom. The summed E-state index contributed by atoms with van der Waals surface area (Å²) < 4.78 is 6.31. The molecule has 1 heterocycles. The molecule has 15 heavy (non-hydrogen) atoms. The molecular formula is C12H12BrNO. The Balaban J connectivity index is 1.83. The third kappa shape index (κ3) is 2.94. The molecule has 0 atom stereocenters. The molecule has 0 saturated carbocycles. The molecule has 0 fully saturated rings. The predicted molar refractivity (Wildman–Crippen MR) is 63.4 cm³/mol. The van der Waals surface area contributed by atoms with Crippen molar-refractivity contribution >= 4 is 15.9 Å². The molecule has 1 aromatic carbocycles. The lowest BCUT2D eigenvalue weighted by molar-refractivity contribution is 0.481. The van der Waals surface area contributed by atoms with E-state index in [1.807, 2.05) is 24.3 Å². The van der Waals surface area contributed by atoms with E-state index in [2.05, 4.69) is 33.4 Å². The quantitative estimate of drug-likeness (QED) is 0.918. The molecular weight excluding hydrogens is 254 g/mol. The number of benzene rings is 1. The van der Waals surface area contributed by atoms with Crippen molar-refractivity contribution in [1.29, 1.82) is 0 Å². The second-order valence-electron chi connectivity index (χ2n) is 3.28. The van der Waals surface area contributed by atoms with E-state index in [0.29, 0.717) is 0 Å². The molecule has 78 valence electrons. The van der Waals surface area contributed by atoms with Gasteiger partial charge in [-0.2, -0.15) is 0 Å². The van der Waals surface area contributed by atoms with Crippen LogP contribution in [-0.4, -0.2) is 0 Å². The molecule has 0 aliphatic rings. The lowest BCUT2D eigenvalue weighted by Crippen LogP contribution is -2.12. The van der Waals surface area contributed by atoms with E-state index in [9.17, 15) is 0 Å². The maximum Gasteiger partial charge on any atom is 0.131 e. The van der Waals surface area contributed by atoms with E-state index < -0.39 is 0 Å². The Kier molecular flexibility index (Phi) is 3.59. The van der Waals surface area contributed by atoms with Crippen molar-refractivity contribution in [3.05, 3.63) is 58.5 Å². The van der Waals surface area contributed by atoms with Crippen LogP contribution < -0.4 is 5.32 Å². The third-order valence-corrected chi connectivity index (χ3v) is 2.86. The Hall–Kier alpha value is -1.06. The zero-order valence-corrected chi connectivity index (χ0v) is 9.83. The first-order chi connectivity index (χ1) is 7.36. The summed E-state index contributed by atoms with van der Waals surface area (Å²) >= 11 is 3.42. The van der Waals surface area contributed by atoms with Crippen LogP contribution in [0.4, 0.5) is 0 Å². The van der Waals surface area contributed by atoms with E-state index in [0.717, 1.165) is 23.3 Å². The second kappa shape index (κ2) is 5.14. The first kappa shape index (κ1) is 10.5. The van der Waals surface area contributed by atoms with Crippen LogP contribution in [-0.2, 0) is 13.1 Å². The van der Waals surface area contributed by atoms with Gasteiger partial charge in [-0.3, -0.25) is 0 Å². The van der Waals surface area contributed by atoms with E-state index in [-0.39, 0.29) is 0 Å². The fourth-order valence-corrected chi connectivity index (χ4v) is 1.71. The summed E-state index contributed by atoms with van der Waals surface area (Å²) in [6, 6.07) is 12.2. The van der Waals surface area contributed by atoms with Crippen molar-refractivity contribution in [3.8, 4) is 0 Å². The zero-order valence-electron chi connectivity index (χ0n) is 8.24. The van der Waals surface area contributed by atoms with Crippen molar-refractivity contribution in [2.24, 2.45) is 0 Å². The van der Waals surface area contributed by atoms with Crippen molar-refractivity contribution in [2.45, 2.75) is 13.1 Å². The van der Waals surface area contributed by atoms with Gasteiger partial charge in [0.2, 0.25) is 0 Å². The molecule has 1 aromatic heterocycles. The molecule has 0 unspecified atom stereocenters. The molecule has 0 aliphatic carbocycles. The van der Waals surface area contributed by atoms with E-state index in [4.69, 9.17) is 4.42 Å². The number of hydrogen-bond donors (Lipinski definition) is 1. The van der Waals surface area contributed by atoms with Crippen LogP contribution in [0, 0.1) is 0 Å². The Morgan fingerprint density at radius 1 is 1.07 bits per heavy atom. The SMILES string of the molecule is Brc1ccoc1CNCc1ccccc1. The highest BCUT2D eigenvalue weighted by atomic mass is 79.9. The van der Waals surface area contributed by atoms with Gasteiger partial charge in [0.1, 0.15) is 5.76 Å². The summed E-state index contributed by atoms with van der Waals surface area (Å²) in [5.74, 6) is 0.936. The molecule has 0 bridgehead atoms. The minimum absolute atomic E-state index is 0.739. The van der Waals surface area contributed by atoms with Crippen molar-refractivity contribution in [2.75, 3.05) is 0 Å². The number of hydrogen-bond acceptors (Lipinski definition) is 2. The minimum atomic E-state index is 0.739. The van der Waals surface area contributed by atoms with Gasteiger partial charge in [-0.1, -0.05) is 30.3 Å². The minimum Gasteiger partial charge on any atom is -0.467 e. The molecule has 3 heteroatoms. The lowest BCUT2D eigenvalue weighted by Gasteiger charge is -2.02. The highest BCUT2D eigenvalue weighted by Crippen LogP contribution is 2.17. The van der Waals surface area contributed by atoms with E-state index >= 15 is 0 Å². The van der Waals surface area contributed by atoms with Gasteiger partial charge in [-0.25, -0.2) is 0 Å². The molecule has 2 nitrogen and oxygen atoms in total. The molecule has 0 saturated heterocycles. The summed E-state index contributed by atoms with van der Waals surface area (Å²) in [7, 11) is 0. The average Bonchev–Trinajstić information content (AvgIpc) is 2.66. The summed E-state index contributed by atoms with van der Waals surface area (Å²) in [6.07, 6.45) is 1.68. The van der Waals surface area contributed by atoms with E-state index in [1.165, 1.54) is 5.56 Å². The number of halogens is 1. The first-order valence-electron chi connectivity index (χ1n) is 4.83. The van der Waals surface area contributed by atoms with Gasteiger partial charge in [0, 0.05) is 6.54 Å². The fourth-order valence-electron chi connectivity index (χ4n) is 1.37. The lowest BCUT2D eigenvalue weighted by atomic mass is 10.2. The van der Waals surface area contributed by atoms with Crippen LogP contribution in [0.1, 0.15) is 11.3 Å². The Morgan fingerprint density at radius 2 is 1.87 bits per heavy atom. The highest BCUT2D eigenvalue weighted by Gasteiger charge is 2.01. The smallest absolute Gasteiger partial charge is 0.131 e. The second-order valence-corrected chi connectivity index (χ2v) is 4.14. The molecule has 0 radical (unpaired) electrons. The number of rotatable bonds is 4. The normalized spacial score (nSPS) is 10.5. The van der Waals surface area contributed by atoms with Gasteiger partial charge in [-0.05, 0) is 27.6 Å². The summed E-state index contributed by atoms with van der Waals surface area (Å²) in [4.78, 5) is 0. The first-order valence-corrected chi connectivity index (χ1v) is 5.62. The number of nitrogens with one attached hydrogen (secondary N) is 1. The maximum absolute atomic E-state index is 5.29. The zero-order chi connectivity index (χ0) is 10.5. The molecule has 0 spiro atoms. The van der Waals surface area contributed by atoms with Gasteiger partial charge in [-0.15, -0.1) is 0 Å². The van der Waals surface area contributed by atoms with Gasteiger partial charge in [0.25, 0.3) is 0 Å². The predicted octanol–water partition coefficient (Wildman–Crippen LogP) is 3.33. The molecule has 1 N–H and O–H groups in total. The van der Waals surface area contributed by atoms with Crippen LogP contribution in [0.2, 0.25) is 0 Å². The van der Waals surface area contributed by atoms with Crippen LogP contribution in [0.25, 0.3) is 0 Å². The Bertz CT molecular complexity index is 411. The highest BCUT2D eigenvalue weighted by molar-refractivity contribution is 9.10. The largest absolute Gasteiger partial charge is 0.467 e. The van der Waals surface area contributed by atoms with Crippen LogP contribution in [0.3, 0.4) is 0 Å². The summed E-state index contributed by atoms with van der Waals surface area (Å²) in [5, 5.41) is 3.32. The molecule has 0 amide bonds. The van der Waals surface area contributed by atoms with Crippen molar-refractivity contribution < 1.29 is 4.42 Å². The van der Waals surface area contributed by atoms with Crippen LogP contribution >= 0.6 is 15.9 Å². The van der Waals surface area contributed by atoms with Gasteiger partial charge >= 0.3 is 0 Å². The molecule has 2 aromatic rings. The topological polar surface area (TPSA) is 25.2 Å². The fraction of sp³-hybridized carbons (Fsp3) is 0.167. The maximum atomic E-state index is 5.29. The van der Waals surface area contributed by atoms with Crippen molar-refractivity contribution in [1.82, 2.24) is 5.32 Å². The third-order valence-electron chi connectivity index (χ3n) is 2.15. The van der Waals surface area contributed by atoms with Gasteiger partial charge < -0.3 is 9.73 Å². The van der Waals surface area contributed by atoms with Crippen molar-refractivity contribution in [3.63, 3.8) is 0 Å². The standard InChI is InChI=1S/C12H12BrNO/c13-11-6-7-15-12(11)9-14-8-10-4-2-1-3-5-10/h1-7,14H,8-9H2. The Labute approximate surface area is 97.4 Å². The number of furan rings is 1. The van der Waals surface area contributed by atoms with Crippen LogP contribution in [0.15, 0.2) is 51.6 Å². The van der Waals surface area contributed by atoms with Gasteiger partial charge in [0.15, 0.2) is 0 Å². The average molecular weight is 266 g/mol. The van der Waals surface area contributed by atoms with E-state index in [1.54, 1.807) is 6.26 Å². The van der Waals surface area contributed by atoms with Crippen LogP contribution in [0.5, 0.6) is 0 Å².